The van der Waals surface area contributed by atoms with Crippen LogP contribution in [0.1, 0.15) is 44.0 Å². The first kappa shape index (κ1) is 14.4. The van der Waals surface area contributed by atoms with Gasteiger partial charge in [0.05, 0.1) is 5.56 Å². The van der Waals surface area contributed by atoms with E-state index < -0.39 is 11.7 Å². The van der Waals surface area contributed by atoms with Crippen LogP contribution in [0.15, 0.2) is 12.3 Å². The molecule has 1 aromatic heterocycles. The zero-order valence-corrected chi connectivity index (χ0v) is 11.1. The zero-order valence-electron chi connectivity index (χ0n) is 11.1. The predicted molar refractivity (Wildman–Crippen MR) is 70.2 cm³/mol. The molecular formula is C13H20FN3O. The van der Waals surface area contributed by atoms with Crippen LogP contribution in [0.3, 0.4) is 0 Å². The molecule has 0 saturated heterocycles. The van der Waals surface area contributed by atoms with Crippen molar-refractivity contribution >= 4 is 11.7 Å². The molecule has 0 aliphatic carbocycles. The molecule has 18 heavy (non-hydrogen) atoms. The van der Waals surface area contributed by atoms with Gasteiger partial charge in [-0.25, -0.2) is 9.37 Å². The summed E-state index contributed by atoms with van der Waals surface area (Å²) in [5.74, 6) is -0.857. The molecule has 0 spiro atoms. The Morgan fingerprint density at radius 1 is 1.50 bits per heavy atom. The number of anilines is 1. The first-order valence-electron chi connectivity index (χ1n) is 6.29. The molecule has 0 aliphatic rings. The van der Waals surface area contributed by atoms with Gasteiger partial charge in [0, 0.05) is 18.8 Å². The van der Waals surface area contributed by atoms with Crippen LogP contribution in [0.4, 0.5) is 10.2 Å². The summed E-state index contributed by atoms with van der Waals surface area (Å²) in [6.07, 6.45) is 3.11. The number of nitrogens with zero attached hydrogens (tertiary/aromatic N) is 1. The van der Waals surface area contributed by atoms with E-state index in [4.69, 9.17) is 0 Å². The van der Waals surface area contributed by atoms with Crippen LogP contribution < -0.4 is 10.6 Å². The van der Waals surface area contributed by atoms with Crippen LogP contribution in [-0.2, 0) is 0 Å². The summed E-state index contributed by atoms with van der Waals surface area (Å²) in [6, 6.07) is 1.42. The lowest BCUT2D eigenvalue weighted by Crippen LogP contribution is -2.32. The number of pyridine rings is 1. The Bertz CT molecular complexity index is 409. The third-order valence-electron chi connectivity index (χ3n) is 2.67. The van der Waals surface area contributed by atoms with Gasteiger partial charge in [0.1, 0.15) is 0 Å². The Morgan fingerprint density at radius 2 is 2.22 bits per heavy atom. The number of aromatic nitrogens is 1. The summed E-state index contributed by atoms with van der Waals surface area (Å²) >= 11 is 0. The molecule has 1 heterocycles. The topological polar surface area (TPSA) is 54.0 Å². The van der Waals surface area contributed by atoms with Crippen molar-refractivity contribution in [3.63, 3.8) is 0 Å². The Labute approximate surface area is 107 Å². The molecular weight excluding hydrogens is 233 g/mol. The molecule has 1 amide bonds. The summed E-state index contributed by atoms with van der Waals surface area (Å²) in [7, 11) is 0. The number of amides is 1. The molecule has 1 rings (SSSR count). The molecule has 1 unspecified atom stereocenters. The second kappa shape index (κ2) is 6.93. The standard InChI is InChI=1S/C13H20FN3O/c1-4-7-15-12-11(14)10(6-8-16-12)13(18)17-9(3)5-2/h6,8-9H,4-5,7H2,1-3H3,(H,15,16)(H,17,18). The van der Waals surface area contributed by atoms with Gasteiger partial charge in [0.2, 0.25) is 0 Å². The van der Waals surface area contributed by atoms with Crippen LogP contribution in [0.25, 0.3) is 0 Å². The molecule has 0 fully saturated rings. The highest BCUT2D eigenvalue weighted by Crippen LogP contribution is 2.15. The normalized spacial score (nSPS) is 12.0. The first-order valence-corrected chi connectivity index (χ1v) is 6.29. The predicted octanol–water partition coefficient (Wildman–Crippen LogP) is 2.57. The van der Waals surface area contributed by atoms with Gasteiger partial charge >= 0.3 is 0 Å². The van der Waals surface area contributed by atoms with E-state index in [1.807, 2.05) is 20.8 Å². The Morgan fingerprint density at radius 3 is 2.83 bits per heavy atom. The van der Waals surface area contributed by atoms with Crippen molar-refractivity contribution in [3.8, 4) is 0 Å². The summed E-state index contributed by atoms with van der Waals surface area (Å²) in [6.45, 7) is 6.44. The molecule has 0 aliphatic heterocycles. The maximum Gasteiger partial charge on any atom is 0.254 e. The third kappa shape index (κ3) is 3.68. The zero-order chi connectivity index (χ0) is 13.5. The summed E-state index contributed by atoms with van der Waals surface area (Å²) in [4.78, 5) is 15.7. The largest absolute Gasteiger partial charge is 0.368 e. The third-order valence-corrected chi connectivity index (χ3v) is 2.67. The van der Waals surface area contributed by atoms with Crippen molar-refractivity contribution in [2.45, 2.75) is 39.7 Å². The average Bonchev–Trinajstić information content (AvgIpc) is 2.37. The minimum atomic E-state index is -0.591. The molecule has 0 bridgehead atoms. The van der Waals surface area contributed by atoms with E-state index in [-0.39, 0.29) is 17.4 Å². The molecule has 2 N–H and O–H groups in total. The minimum Gasteiger partial charge on any atom is -0.368 e. The van der Waals surface area contributed by atoms with E-state index in [0.29, 0.717) is 6.54 Å². The van der Waals surface area contributed by atoms with Gasteiger partial charge in [0.15, 0.2) is 11.6 Å². The highest BCUT2D eigenvalue weighted by atomic mass is 19.1. The Hall–Kier alpha value is -1.65. The summed E-state index contributed by atoms with van der Waals surface area (Å²) < 4.78 is 14.0. The number of nitrogens with one attached hydrogen (secondary N) is 2. The lowest BCUT2D eigenvalue weighted by molar-refractivity contribution is 0.0935. The Balaban J connectivity index is 2.85. The first-order chi connectivity index (χ1) is 8.60. The fraction of sp³-hybridized carbons (Fsp3) is 0.538. The van der Waals surface area contributed by atoms with E-state index in [1.54, 1.807) is 0 Å². The van der Waals surface area contributed by atoms with Crippen molar-refractivity contribution in [3.05, 3.63) is 23.6 Å². The fourth-order valence-corrected chi connectivity index (χ4v) is 1.39. The Kier molecular flexibility index (Phi) is 5.55. The summed E-state index contributed by atoms with van der Waals surface area (Å²) in [5.41, 5.74) is 0.0314. The van der Waals surface area contributed by atoms with Gasteiger partial charge in [-0.3, -0.25) is 4.79 Å². The maximum absolute atomic E-state index is 14.0. The van der Waals surface area contributed by atoms with Gasteiger partial charge in [-0.05, 0) is 25.8 Å². The van der Waals surface area contributed by atoms with Crippen LogP contribution in [0.2, 0.25) is 0 Å². The van der Waals surface area contributed by atoms with Crippen molar-refractivity contribution in [2.75, 3.05) is 11.9 Å². The van der Waals surface area contributed by atoms with Crippen LogP contribution in [-0.4, -0.2) is 23.5 Å². The van der Waals surface area contributed by atoms with Gasteiger partial charge in [-0.15, -0.1) is 0 Å². The highest BCUT2D eigenvalue weighted by molar-refractivity contribution is 5.95. The van der Waals surface area contributed by atoms with Crippen molar-refractivity contribution in [2.24, 2.45) is 0 Å². The number of halogens is 1. The smallest absolute Gasteiger partial charge is 0.254 e. The van der Waals surface area contributed by atoms with Crippen molar-refractivity contribution in [1.82, 2.24) is 10.3 Å². The fourth-order valence-electron chi connectivity index (χ4n) is 1.39. The van der Waals surface area contributed by atoms with Gasteiger partial charge < -0.3 is 10.6 Å². The molecule has 0 saturated carbocycles. The number of hydrogen-bond donors (Lipinski definition) is 2. The van der Waals surface area contributed by atoms with Gasteiger partial charge in [-0.2, -0.15) is 0 Å². The van der Waals surface area contributed by atoms with E-state index in [1.165, 1.54) is 12.3 Å². The second-order valence-electron chi connectivity index (χ2n) is 4.23. The number of rotatable bonds is 6. The lowest BCUT2D eigenvalue weighted by atomic mass is 10.2. The lowest BCUT2D eigenvalue weighted by Gasteiger charge is -2.13. The average molecular weight is 253 g/mol. The number of hydrogen-bond acceptors (Lipinski definition) is 3. The SMILES string of the molecule is CCCNc1nccc(C(=O)NC(C)CC)c1F. The molecule has 100 valence electrons. The van der Waals surface area contributed by atoms with Gasteiger partial charge in [0.25, 0.3) is 5.91 Å². The molecule has 1 atom stereocenters. The molecule has 0 aromatic carbocycles. The molecule has 4 nitrogen and oxygen atoms in total. The molecule has 5 heteroatoms. The number of carbonyl (C=O) groups is 1. The molecule has 0 radical (unpaired) electrons. The van der Waals surface area contributed by atoms with Crippen molar-refractivity contribution < 1.29 is 9.18 Å². The second-order valence-corrected chi connectivity index (χ2v) is 4.23. The quantitative estimate of drug-likeness (QED) is 0.819. The monoisotopic (exact) mass is 253 g/mol. The van der Waals surface area contributed by atoms with Gasteiger partial charge in [-0.1, -0.05) is 13.8 Å². The van der Waals surface area contributed by atoms with Crippen LogP contribution in [0, 0.1) is 5.82 Å². The van der Waals surface area contributed by atoms with Crippen LogP contribution in [0.5, 0.6) is 0 Å². The van der Waals surface area contributed by atoms with E-state index in [0.717, 1.165) is 12.8 Å². The van der Waals surface area contributed by atoms with E-state index >= 15 is 0 Å². The molecule has 1 aromatic rings. The minimum absolute atomic E-state index is 0.0251. The highest BCUT2D eigenvalue weighted by Gasteiger charge is 2.16. The van der Waals surface area contributed by atoms with Crippen LogP contribution >= 0.6 is 0 Å². The van der Waals surface area contributed by atoms with E-state index in [9.17, 15) is 9.18 Å². The summed E-state index contributed by atoms with van der Waals surface area (Å²) in [5, 5.41) is 5.59. The van der Waals surface area contributed by atoms with E-state index in [2.05, 4.69) is 15.6 Å². The maximum atomic E-state index is 14.0. The van der Waals surface area contributed by atoms with Crippen molar-refractivity contribution in [1.29, 1.82) is 0 Å². The number of carbonyl (C=O) groups excluding carboxylic acids is 1.